The highest BCUT2D eigenvalue weighted by molar-refractivity contribution is 6.33. The molecule has 0 aliphatic carbocycles. The van der Waals surface area contributed by atoms with E-state index < -0.39 is 0 Å². The molecule has 21 heavy (non-hydrogen) atoms. The van der Waals surface area contributed by atoms with Gasteiger partial charge in [0.25, 0.3) is 5.91 Å². The lowest BCUT2D eigenvalue weighted by Crippen LogP contribution is -2.17. The van der Waals surface area contributed by atoms with Crippen LogP contribution in [0.4, 0.5) is 11.4 Å². The normalized spacial score (nSPS) is 10.7. The molecule has 1 amide bonds. The standard InChI is InChI=1S/C15H17ClN4O/c1-8(2)14-18-7-11(16)13(20-14)15(21)19-12-6-10(17)5-4-9(12)3/h4-8H,17H2,1-3H3,(H,19,21). The fourth-order valence-electron chi connectivity index (χ4n) is 1.77. The summed E-state index contributed by atoms with van der Waals surface area (Å²) >= 11 is 6.02. The minimum Gasteiger partial charge on any atom is -0.399 e. The Morgan fingerprint density at radius 2 is 2.10 bits per heavy atom. The van der Waals surface area contributed by atoms with Crippen LogP contribution in [0.25, 0.3) is 0 Å². The summed E-state index contributed by atoms with van der Waals surface area (Å²) in [6, 6.07) is 5.32. The number of aromatic nitrogens is 2. The number of aryl methyl sites for hydroxylation is 1. The Morgan fingerprint density at radius 1 is 1.38 bits per heavy atom. The highest BCUT2D eigenvalue weighted by Gasteiger charge is 2.16. The summed E-state index contributed by atoms with van der Waals surface area (Å²) in [6.07, 6.45) is 1.45. The van der Waals surface area contributed by atoms with Gasteiger partial charge in [0.2, 0.25) is 0 Å². The number of nitrogens with one attached hydrogen (secondary N) is 1. The molecule has 0 spiro atoms. The molecule has 1 aromatic carbocycles. The first-order valence-electron chi connectivity index (χ1n) is 6.58. The molecule has 5 nitrogen and oxygen atoms in total. The maximum absolute atomic E-state index is 12.3. The molecule has 0 aliphatic rings. The molecule has 2 aromatic rings. The molecule has 1 heterocycles. The van der Waals surface area contributed by atoms with E-state index in [1.165, 1.54) is 6.20 Å². The molecule has 6 heteroatoms. The van der Waals surface area contributed by atoms with Crippen LogP contribution < -0.4 is 11.1 Å². The van der Waals surface area contributed by atoms with Crippen molar-refractivity contribution in [1.29, 1.82) is 0 Å². The lowest BCUT2D eigenvalue weighted by Gasteiger charge is -2.11. The summed E-state index contributed by atoms with van der Waals surface area (Å²) in [5, 5.41) is 3.00. The van der Waals surface area contributed by atoms with Crippen LogP contribution >= 0.6 is 11.6 Å². The van der Waals surface area contributed by atoms with E-state index in [0.29, 0.717) is 17.2 Å². The zero-order chi connectivity index (χ0) is 15.6. The van der Waals surface area contributed by atoms with Crippen molar-refractivity contribution in [3.63, 3.8) is 0 Å². The fraction of sp³-hybridized carbons (Fsp3) is 0.267. The Labute approximate surface area is 128 Å². The molecular formula is C15H17ClN4O. The number of anilines is 2. The van der Waals surface area contributed by atoms with Crippen LogP contribution in [0, 0.1) is 6.92 Å². The van der Waals surface area contributed by atoms with Gasteiger partial charge < -0.3 is 11.1 Å². The van der Waals surface area contributed by atoms with Crippen LogP contribution in [0.3, 0.4) is 0 Å². The van der Waals surface area contributed by atoms with E-state index in [1.807, 2.05) is 26.8 Å². The minimum absolute atomic E-state index is 0.114. The van der Waals surface area contributed by atoms with Crippen LogP contribution in [-0.4, -0.2) is 15.9 Å². The van der Waals surface area contributed by atoms with E-state index >= 15 is 0 Å². The molecule has 0 unspecified atom stereocenters. The highest BCUT2D eigenvalue weighted by atomic mass is 35.5. The third-order valence-electron chi connectivity index (χ3n) is 3.00. The first-order chi connectivity index (χ1) is 9.88. The van der Waals surface area contributed by atoms with Gasteiger partial charge in [0.05, 0.1) is 11.2 Å². The largest absolute Gasteiger partial charge is 0.399 e. The molecule has 1 aromatic heterocycles. The van der Waals surface area contributed by atoms with Crippen LogP contribution in [0.1, 0.15) is 41.6 Å². The van der Waals surface area contributed by atoms with Gasteiger partial charge in [-0.3, -0.25) is 4.79 Å². The Kier molecular flexibility index (Phi) is 4.43. The first-order valence-corrected chi connectivity index (χ1v) is 6.96. The van der Waals surface area contributed by atoms with E-state index in [-0.39, 0.29) is 22.5 Å². The van der Waals surface area contributed by atoms with Gasteiger partial charge in [-0.2, -0.15) is 0 Å². The maximum Gasteiger partial charge on any atom is 0.275 e. The van der Waals surface area contributed by atoms with E-state index in [9.17, 15) is 4.79 Å². The minimum atomic E-state index is -0.377. The molecule has 0 atom stereocenters. The predicted octanol–water partition coefficient (Wildman–Crippen LogP) is 3.40. The van der Waals surface area contributed by atoms with Crippen LogP contribution in [0.15, 0.2) is 24.4 Å². The number of nitrogen functional groups attached to an aromatic ring is 1. The molecule has 0 radical (unpaired) electrons. The summed E-state index contributed by atoms with van der Waals surface area (Å²) in [5.41, 5.74) is 8.02. The number of hydrogen-bond donors (Lipinski definition) is 2. The Balaban J connectivity index is 2.32. The zero-order valence-corrected chi connectivity index (χ0v) is 12.9. The highest BCUT2D eigenvalue weighted by Crippen LogP contribution is 2.21. The molecule has 2 rings (SSSR count). The SMILES string of the molecule is Cc1ccc(N)cc1NC(=O)c1nc(C(C)C)ncc1Cl. The van der Waals surface area contributed by atoms with Crippen molar-refractivity contribution >= 4 is 28.9 Å². The summed E-state index contributed by atoms with van der Waals surface area (Å²) in [6.45, 7) is 5.79. The quantitative estimate of drug-likeness (QED) is 0.852. The third kappa shape index (κ3) is 3.49. The van der Waals surface area contributed by atoms with Crippen molar-refractivity contribution in [3.05, 3.63) is 46.5 Å². The van der Waals surface area contributed by atoms with Crippen LogP contribution in [-0.2, 0) is 0 Å². The number of nitrogens with two attached hydrogens (primary N) is 1. The van der Waals surface area contributed by atoms with Gasteiger partial charge >= 0.3 is 0 Å². The second-order valence-corrected chi connectivity index (χ2v) is 5.52. The van der Waals surface area contributed by atoms with Gasteiger partial charge in [-0.1, -0.05) is 31.5 Å². The number of amides is 1. The van der Waals surface area contributed by atoms with Crippen molar-refractivity contribution in [3.8, 4) is 0 Å². The third-order valence-corrected chi connectivity index (χ3v) is 3.28. The zero-order valence-electron chi connectivity index (χ0n) is 12.1. The number of rotatable bonds is 3. The molecule has 0 saturated carbocycles. The number of carbonyl (C=O) groups is 1. The number of nitrogens with zero attached hydrogens (tertiary/aromatic N) is 2. The van der Waals surface area contributed by atoms with Gasteiger partial charge in [0.1, 0.15) is 5.82 Å². The second kappa shape index (κ2) is 6.10. The van der Waals surface area contributed by atoms with E-state index in [4.69, 9.17) is 17.3 Å². The van der Waals surface area contributed by atoms with Crippen LogP contribution in [0.5, 0.6) is 0 Å². The average molecular weight is 305 g/mol. The monoisotopic (exact) mass is 304 g/mol. The van der Waals surface area contributed by atoms with Gasteiger partial charge in [-0.15, -0.1) is 0 Å². The van der Waals surface area contributed by atoms with Crippen molar-refractivity contribution in [1.82, 2.24) is 9.97 Å². The molecular weight excluding hydrogens is 288 g/mol. The predicted molar refractivity (Wildman–Crippen MR) is 84.7 cm³/mol. The van der Waals surface area contributed by atoms with Gasteiger partial charge in [-0.05, 0) is 24.6 Å². The smallest absolute Gasteiger partial charge is 0.275 e. The Bertz CT molecular complexity index is 685. The maximum atomic E-state index is 12.3. The van der Waals surface area contributed by atoms with Gasteiger partial charge in [0, 0.05) is 17.3 Å². The molecule has 110 valence electrons. The number of benzene rings is 1. The molecule has 0 aliphatic heterocycles. The fourth-order valence-corrected chi connectivity index (χ4v) is 1.95. The molecule has 0 fully saturated rings. The summed E-state index contributed by atoms with van der Waals surface area (Å²) in [4.78, 5) is 20.7. The summed E-state index contributed by atoms with van der Waals surface area (Å²) in [5.74, 6) is 0.315. The Hall–Kier alpha value is -2.14. The Morgan fingerprint density at radius 3 is 2.76 bits per heavy atom. The summed E-state index contributed by atoms with van der Waals surface area (Å²) < 4.78 is 0. The second-order valence-electron chi connectivity index (χ2n) is 5.11. The van der Waals surface area contributed by atoms with E-state index in [2.05, 4.69) is 15.3 Å². The van der Waals surface area contributed by atoms with E-state index in [0.717, 1.165) is 5.56 Å². The average Bonchev–Trinajstić information content (AvgIpc) is 2.43. The molecule has 0 saturated heterocycles. The first kappa shape index (κ1) is 15.3. The van der Waals surface area contributed by atoms with Gasteiger partial charge in [0.15, 0.2) is 5.69 Å². The number of carbonyl (C=O) groups excluding carboxylic acids is 1. The van der Waals surface area contributed by atoms with Crippen molar-refractivity contribution in [2.24, 2.45) is 0 Å². The number of hydrogen-bond acceptors (Lipinski definition) is 4. The topological polar surface area (TPSA) is 80.9 Å². The van der Waals surface area contributed by atoms with Crippen molar-refractivity contribution < 1.29 is 4.79 Å². The van der Waals surface area contributed by atoms with E-state index in [1.54, 1.807) is 12.1 Å². The lowest BCUT2D eigenvalue weighted by atomic mass is 10.1. The van der Waals surface area contributed by atoms with Crippen molar-refractivity contribution in [2.45, 2.75) is 26.7 Å². The van der Waals surface area contributed by atoms with Crippen molar-refractivity contribution in [2.75, 3.05) is 11.1 Å². The summed E-state index contributed by atoms with van der Waals surface area (Å²) in [7, 11) is 0. The number of halogens is 1. The lowest BCUT2D eigenvalue weighted by molar-refractivity contribution is 0.102. The molecule has 0 bridgehead atoms. The van der Waals surface area contributed by atoms with Gasteiger partial charge in [-0.25, -0.2) is 9.97 Å². The molecule has 3 N–H and O–H groups in total. The van der Waals surface area contributed by atoms with Crippen LogP contribution in [0.2, 0.25) is 5.02 Å².